The van der Waals surface area contributed by atoms with E-state index < -0.39 is 0 Å². The summed E-state index contributed by atoms with van der Waals surface area (Å²) in [5.74, 6) is 0. The Hall–Kier alpha value is -0.770. The normalized spacial score (nSPS) is 23.3. The van der Waals surface area contributed by atoms with Gasteiger partial charge in [-0.2, -0.15) is 0 Å². The van der Waals surface area contributed by atoms with E-state index in [9.17, 15) is 4.79 Å². The third kappa shape index (κ3) is 3.67. The van der Waals surface area contributed by atoms with Gasteiger partial charge in [-0.1, -0.05) is 6.92 Å². The van der Waals surface area contributed by atoms with Gasteiger partial charge in [-0.05, 0) is 40.3 Å². The van der Waals surface area contributed by atoms with Gasteiger partial charge in [0.25, 0.3) is 0 Å². The zero-order valence-corrected chi connectivity index (χ0v) is 10.9. The van der Waals surface area contributed by atoms with Gasteiger partial charge in [-0.15, -0.1) is 0 Å². The van der Waals surface area contributed by atoms with Gasteiger partial charge in [-0.3, -0.25) is 0 Å². The molecule has 0 aromatic rings. The van der Waals surface area contributed by atoms with Gasteiger partial charge in [0.15, 0.2) is 0 Å². The minimum Gasteiger partial charge on any atom is -0.447 e. The monoisotopic (exact) mass is 228 g/mol. The van der Waals surface area contributed by atoms with Crippen molar-refractivity contribution >= 4 is 6.09 Å². The van der Waals surface area contributed by atoms with Crippen LogP contribution in [0.4, 0.5) is 4.79 Å². The van der Waals surface area contributed by atoms with Crippen LogP contribution in [0.3, 0.4) is 0 Å². The largest absolute Gasteiger partial charge is 0.447 e. The SMILES string of the molecule is CCC1CN(C)CCCN1C(=O)OC(C)C. The van der Waals surface area contributed by atoms with Gasteiger partial charge in [0.2, 0.25) is 0 Å². The van der Waals surface area contributed by atoms with Crippen LogP contribution in [-0.2, 0) is 4.74 Å². The zero-order valence-electron chi connectivity index (χ0n) is 10.9. The average molecular weight is 228 g/mol. The number of hydrogen-bond donors (Lipinski definition) is 0. The van der Waals surface area contributed by atoms with E-state index in [4.69, 9.17) is 4.74 Å². The fourth-order valence-electron chi connectivity index (χ4n) is 2.10. The minimum absolute atomic E-state index is 0.0361. The molecule has 1 unspecified atom stereocenters. The van der Waals surface area contributed by atoms with Crippen LogP contribution in [0, 0.1) is 0 Å². The number of rotatable bonds is 2. The van der Waals surface area contributed by atoms with Crippen molar-refractivity contribution in [2.75, 3.05) is 26.7 Å². The molecule has 0 aromatic heterocycles. The molecule has 1 saturated heterocycles. The average Bonchev–Trinajstić information content (AvgIpc) is 2.38. The molecule has 1 heterocycles. The summed E-state index contributed by atoms with van der Waals surface area (Å²) in [5, 5.41) is 0. The molecule has 1 amide bonds. The number of nitrogens with zero attached hydrogens (tertiary/aromatic N) is 2. The second kappa shape index (κ2) is 6.09. The summed E-state index contributed by atoms with van der Waals surface area (Å²) in [4.78, 5) is 16.1. The maximum Gasteiger partial charge on any atom is 0.410 e. The van der Waals surface area contributed by atoms with Crippen molar-refractivity contribution in [1.82, 2.24) is 9.80 Å². The van der Waals surface area contributed by atoms with Gasteiger partial charge in [-0.25, -0.2) is 4.79 Å². The van der Waals surface area contributed by atoms with Gasteiger partial charge in [0.05, 0.1) is 6.10 Å². The van der Waals surface area contributed by atoms with Crippen LogP contribution in [-0.4, -0.2) is 54.7 Å². The highest BCUT2D eigenvalue weighted by molar-refractivity contribution is 5.68. The van der Waals surface area contributed by atoms with Crippen molar-refractivity contribution in [3.8, 4) is 0 Å². The molecule has 1 atom stereocenters. The standard InChI is InChI=1S/C12H24N2O2/c1-5-11-9-13(4)7-6-8-14(11)12(15)16-10(2)3/h10-11H,5-9H2,1-4H3. The highest BCUT2D eigenvalue weighted by Gasteiger charge is 2.27. The van der Waals surface area contributed by atoms with E-state index >= 15 is 0 Å². The van der Waals surface area contributed by atoms with E-state index in [0.29, 0.717) is 6.04 Å². The van der Waals surface area contributed by atoms with Gasteiger partial charge in [0.1, 0.15) is 0 Å². The van der Waals surface area contributed by atoms with Crippen molar-refractivity contribution < 1.29 is 9.53 Å². The Balaban J connectivity index is 2.63. The highest BCUT2D eigenvalue weighted by atomic mass is 16.6. The van der Waals surface area contributed by atoms with Crippen LogP contribution in [0.1, 0.15) is 33.6 Å². The number of carbonyl (C=O) groups is 1. The Morgan fingerprint density at radius 3 is 2.69 bits per heavy atom. The topological polar surface area (TPSA) is 32.8 Å². The van der Waals surface area contributed by atoms with Crippen molar-refractivity contribution in [2.24, 2.45) is 0 Å². The van der Waals surface area contributed by atoms with Crippen molar-refractivity contribution in [3.63, 3.8) is 0 Å². The molecule has 0 spiro atoms. The first-order valence-corrected chi connectivity index (χ1v) is 6.20. The Kier molecular flexibility index (Phi) is 5.06. The zero-order chi connectivity index (χ0) is 12.1. The lowest BCUT2D eigenvalue weighted by Gasteiger charge is -2.30. The lowest BCUT2D eigenvalue weighted by Crippen LogP contribution is -2.44. The molecule has 1 aliphatic heterocycles. The van der Waals surface area contributed by atoms with Crippen molar-refractivity contribution in [3.05, 3.63) is 0 Å². The number of amides is 1. The predicted octanol–water partition coefficient (Wildman–Crippen LogP) is 1.95. The summed E-state index contributed by atoms with van der Waals surface area (Å²) in [5.41, 5.74) is 0. The second-order valence-corrected chi connectivity index (χ2v) is 4.80. The molecule has 0 saturated carbocycles. The van der Waals surface area contributed by atoms with Crippen LogP contribution in [0.2, 0.25) is 0 Å². The smallest absolute Gasteiger partial charge is 0.410 e. The van der Waals surface area contributed by atoms with Gasteiger partial charge < -0.3 is 14.5 Å². The number of likely N-dealkylation sites (N-methyl/N-ethyl adjacent to an activating group) is 1. The van der Waals surface area contributed by atoms with E-state index in [0.717, 1.165) is 32.5 Å². The van der Waals surface area contributed by atoms with Gasteiger partial charge >= 0.3 is 6.09 Å². The Bertz CT molecular complexity index is 231. The van der Waals surface area contributed by atoms with Crippen LogP contribution >= 0.6 is 0 Å². The third-order valence-corrected chi connectivity index (χ3v) is 2.94. The summed E-state index contributed by atoms with van der Waals surface area (Å²) >= 11 is 0. The number of hydrogen-bond acceptors (Lipinski definition) is 3. The quantitative estimate of drug-likeness (QED) is 0.724. The summed E-state index contributed by atoms with van der Waals surface area (Å²) in [6, 6.07) is 0.291. The molecule has 1 fully saturated rings. The molecular weight excluding hydrogens is 204 g/mol. The molecule has 94 valence electrons. The number of carbonyl (C=O) groups excluding carboxylic acids is 1. The fourth-order valence-corrected chi connectivity index (χ4v) is 2.10. The summed E-state index contributed by atoms with van der Waals surface area (Å²) in [7, 11) is 2.11. The maximum absolute atomic E-state index is 11.9. The number of ether oxygens (including phenoxy) is 1. The molecule has 0 bridgehead atoms. The summed E-state index contributed by atoms with van der Waals surface area (Å²) < 4.78 is 5.28. The molecule has 1 aliphatic rings. The molecule has 0 N–H and O–H groups in total. The first-order chi connectivity index (χ1) is 7.54. The lowest BCUT2D eigenvalue weighted by atomic mass is 10.2. The van der Waals surface area contributed by atoms with Crippen LogP contribution in [0.25, 0.3) is 0 Å². The third-order valence-electron chi connectivity index (χ3n) is 2.94. The molecule has 0 aromatic carbocycles. The molecule has 1 rings (SSSR count). The lowest BCUT2D eigenvalue weighted by molar-refractivity contribution is 0.0628. The van der Waals surface area contributed by atoms with E-state index in [1.165, 1.54) is 0 Å². The Labute approximate surface area is 98.5 Å². The first kappa shape index (κ1) is 13.3. The molecule has 16 heavy (non-hydrogen) atoms. The van der Waals surface area contributed by atoms with Crippen LogP contribution < -0.4 is 0 Å². The molecule has 0 aliphatic carbocycles. The van der Waals surface area contributed by atoms with E-state index in [2.05, 4.69) is 18.9 Å². The van der Waals surface area contributed by atoms with Crippen LogP contribution in [0.5, 0.6) is 0 Å². The van der Waals surface area contributed by atoms with E-state index in [1.807, 2.05) is 18.7 Å². The van der Waals surface area contributed by atoms with Crippen molar-refractivity contribution in [2.45, 2.75) is 45.8 Å². The van der Waals surface area contributed by atoms with E-state index in [-0.39, 0.29) is 12.2 Å². The Morgan fingerprint density at radius 2 is 2.12 bits per heavy atom. The maximum atomic E-state index is 11.9. The summed E-state index contributed by atoms with van der Waals surface area (Å²) in [6.45, 7) is 8.73. The van der Waals surface area contributed by atoms with Gasteiger partial charge in [0, 0.05) is 19.1 Å². The fraction of sp³-hybridized carbons (Fsp3) is 0.917. The minimum atomic E-state index is -0.155. The molecule has 0 radical (unpaired) electrons. The summed E-state index contributed by atoms with van der Waals surface area (Å²) in [6.07, 6.45) is 1.82. The predicted molar refractivity (Wildman–Crippen MR) is 64.5 cm³/mol. The molecule has 4 heteroatoms. The molecule has 4 nitrogen and oxygen atoms in total. The second-order valence-electron chi connectivity index (χ2n) is 4.80. The van der Waals surface area contributed by atoms with Crippen molar-refractivity contribution in [1.29, 1.82) is 0 Å². The molecular formula is C12H24N2O2. The highest BCUT2D eigenvalue weighted by Crippen LogP contribution is 2.13. The first-order valence-electron chi connectivity index (χ1n) is 6.20. The van der Waals surface area contributed by atoms with Crippen LogP contribution in [0.15, 0.2) is 0 Å². The van der Waals surface area contributed by atoms with E-state index in [1.54, 1.807) is 0 Å². The Morgan fingerprint density at radius 1 is 1.44 bits per heavy atom.